The molecule has 22 heavy (non-hydrogen) atoms. The lowest BCUT2D eigenvalue weighted by Crippen LogP contribution is -2.51. The highest BCUT2D eigenvalue weighted by molar-refractivity contribution is 6.30. The van der Waals surface area contributed by atoms with Crippen LogP contribution in [0.25, 0.3) is 0 Å². The summed E-state index contributed by atoms with van der Waals surface area (Å²) in [4.78, 5) is 18.3. The van der Waals surface area contributed by atoms with Crippen molar-refractivity contribution in [1.82, 2.24) is 14.5 Å². The Kier molecular flexibility index (Phi) is 4.48. The highest BCUT2D eigenvalue weighted by Crippen LogP contribution is 2.20. The van der Waals surface area contributed by atoms with Gasteiger partial charge in [-0.05, 0) is 31.0 Å². The van der Waals surface area contributed by atoms with Crippen molar-refractivity contribution >= 4 is 17.5 Å². The van der Waals surface area contributed by atoms with Gasteiger partial charge in [-0.15, -0.1) is 0 Å². The van der Waals surface area contributed by atoms with Crippen LogP contribution >= 0.6 is 11.6 Å². The van der Waals surface area contributed by atoms with Gasteiger partial charge in [-0.2, -0.15) is 0 Å². The fraction of sp³-hybridized carbons (Fsp3) is 0.412. The second kappa shape index (κ2) is 6.53. The summed E-state index contributed by atoms with van der Waals surface area (Å²) >= 11 is 5.96. The molecule has 1 amide bonds. The number of hydrogen-bond acceptors (Lipinski definition) is 2. The lowest BCUT2D eigenvalue weighted by molar-refractivity contribution is -0.137. The zero-order valence-corrected chi connectivity index (χ0v) is 13.5. The minimum Gasteiger partial charge on any atom is -0.342 e. The molecule has 4 nitrogen and oxygen atoms in total. The van der Waals surface area contributed by atoms with Gasteiger partial charge in [0.25, 0.3) is 0 Å². The fourth-order valence-corrected chi connectivity index (χ4v) is 3.08. The Morgan fingerprint density at radius 2 is 2.23 bits per heavy atom. The van der Waals surface area contributed by atoms with Gasteiger partial charge in [-0.25, -0.2) is 4.98 Å². The number of aryl methyl sites for hydroxylation is 2. The van der Waals surface area contributed by atoms with Gasteiger partial charge in [-0.3, -0.25) is 4.79 Å². The van der Waals surface area contributed by atoms with Crippen LogP contribution in [0, 0.1) is 12.8 Å². The molecule has 1 aliphatic heterocycles. The Balaban J connectivity index is 1.43. The molecular formula is C17H20ClN3O. The number of rotatable bonds is 5. The summed E-state index contributed by atoms with van der Waals surface area (Å²) in [6.07, 6.45) is 5.12. The lowest BCUT2D eigenvalue weighted by Gasteiger charge is -2.39. The zero-order valence-electron chi connectivity index (χ0n) is 12.7. The quantitative estimate of drug-likeness (QED) is 0.850. The van der Waals surface area contributed by atoms with Crippen molar-refractivity contribution in [3.05, 3.63) is 53.1 Å². The van der Waals surface area contributed by atoms with E-state index in [1.54, 1.807) is 0 Å². The van der Waals surface area contributed by atoms with E-state index in [-0.39, 0.29) is 5.91 Å². The van der Waals surface area contributed by atoms with Crippen LogP contribution in [-0.4, -0.2) is 33.4 Å². The number of hydrogen-bond donors (Lipinski definition) is 0. The summed E-state index contributed by atoms with van der Waals surface area (Å²) in [5.41, 5.74) is 1.12. The topological polar surface area (TPSA) is 38.1 Å². The Labute approximate surface area is 135 Å². The zero-order chi connectivity index (χ0) is 15.5. The van der Waals surface area contributed by atoms with Gasteiger partial charge in [0.1, 0.15) is 5.82 Å². The van der Waals surface area contributed by atoms with E-state index in [2.05, 4.69) is 9.55 Å². The molecule has 1 aromatic heterocycles. The van der Waals surface area contributed by atoms with E-state index in [1.165, 1.54) is 0 Å². The van der Waals surface area contributed by atoms with Gasteiger partial charge >= 0.3 is 0 Å². The van der Waals surface area contributed by atoms with Crippen LogP contribution in [0.2, 0.25) is 5.02 Å². The van der Waals surface area contributed by atoms with Crippen LogP contribution in [0.4, 0.5) is 0 Å². The first-order chi connectivity index (χ1) is 10.6. The molecule has 0 atom stereocenters. The minimum absolute atomic E-state index is 0.235. The van der Waals surface area contributed by atoms with Crippen LogP contribution in [-0.2, 0) is 17.8 Å². The normalized spacial score (nSPS) is 14.9. The molecule has 5 heteroatoms. The molecule has 1 saturated heterocycles. The predicted molar refractivity (Wildman–Crippen MR) is 86.8 cm³/mol. The fourth-order valence-electron chi connectivity index (χ4n) is 2.87. The monoisotopic (exact) mass is 317 g/mol. The van der Waals surface area contributed by atoms with Crippen molar-refractivity contribution in [2.75, 3.05) is 13.1 Å². The molecule has 0 spiro atoms. The predicted octanol–water partition coefficient (Wildman–Crippen LogP) is 2.94. The third-order valence-corrected chi connectivity index (χ3v) is 4.44. The number of carbonyl (C=O) groups is 1. The Hall–Kier alpha value is -1.81. The van der Waals surface area contributed by atoms with E-state index in [0.29, 0.717) is 12.3 Å². The van der Waals surface area contributed by atoms with Gasteiger partial charge in [0.15, 0.2) is 0 Å². The first kappa shape index (κ1) is 15.1. The molecule has 1 aliphatic rings. The van der Waals surface area contributed by atoms with Crippen LogP contribution in [0.15, 0.2) is 36.7 Å². The van der Waals surface area contributed by atoms with Crippen molar-refractivity contribution in [2.24, 2.45) is 5.92 Å². The summed E-state index contributed by atoms with van der Waals surface area (Å²) < 4.78 is 2.15. The third kappa shape index (κ3) is 3.50. The number of imidazole rings is 1. The second-order valence-corrected chi connectivity index (χ2v) is 6.36. The van der Waals surface area contributed by atoms with Crippen molar-refractivity contribution in [3.63, 3.8) is 0 Å². The summed E-state index contributed by atoms with van der Waals surface area (Å²) in [7, 11) is 0. The minimum atomic E-state index is 0.235. The first-order valence-electron chi connectivity index (χ1n) is 7.62. The van der Waals surface area contributed by atoms with Gasteiger partial charge in [0, 0.05) is 49.4 Å². The summed E-state index contributed by atoms with van der Waals surface area (Å²) in [5.74, 6) is 1.81. The molecular weight excluding hydrogens is 298 g/mol. The SMILES string of the molecule is Cc1nccn1CC1CN(C(=O)CCc2cccc(Cl)c2)C1. The maximum Gasteiger partial charge on any atom is 0.222 e. The Morgan fingerprint density at radius 1 is 1.41 bits per heavy atom. The average Bonchev–Trinajstić information content (AvgIpc) is 2.85. The molecule has 1 fully saturated rings. The summed E-state index contributed by atoms with van der Waals surface area (Å²) in [6.45, 7) is 4.66. The standard InChI is InChI=1S/C17H20ClN3O/c1-13-19-7-8-20(13)10-15-11-21(12-15)17(22)6-5-14-3-2-4-16(18)9-14/h2-4,7-9,15H,5-6,10-12H2,1H3. The number of benzene rings is 1. The number of nitrogens with zero attached hydrogens (tertiary/aromatic N) is 3. The molecule has 2 heterocycles. The molecule has 0 saturated carbocycles. The molecule has 1 aromatic carbocycles. The third-order valence-electron chi connectivity index (χ3n) is 4.20. The van der Waals surface area contributed by atoms with E-state index in [0.717, 1.165) is 42.5 Å². The van der Waals surface area contributed by atoms with E-state index in [1.807, 2.05) is 48.5 Å². The van der Waals surface area contributed by atoms with E-state index >= 15 is 0 Å². The van der Waals surface area contributed by atoms with E-state index in [4.69, 9.17) is 11.6 Å². The highest BCUT2D eigenvalue weighted by atomic mass is 35.5. The molecule has 3 rings (SSSR count). The number of halogens is 1. The van der Waals surface area contributed by atoms with Crippen molar-refractivity contribution in [3.8, 4) is 0 Å². The summed E-state index contributed by atoms with van der Waals surface area (Å²) in [5, 5.41) is 0.727. The molecule has 0 unspecified atom stereocenters. The van der Waals surface area contributed by atoms with Gasteiger partial charge in [0.05, 0.1) is 0 Å². The van der Waals surface area contributed by atoms with Gasteiger partial charge < -0.3 is 9.47 Å². The van der Waals surface area contributed by atoms with Crippen molar-refractivity contribution in [1.29, 1.82) is 0 Å². The largest absolute Gasteiger partial charge is 0.342 e. The Bertz CT molecular complexity index is 661. The van der Waals surface area contributed by atoms with Crippen LogP contribution < -0.4 is 0 Å². The van der Waals surface area contributed by atoms with E-state index < -0.39 is 0 Å². The van der Waals surface area contributed by atoms with Crippen LogP contribution in [0.3, 0.4) is 0 Å². The molecule has 0 bridgehead atoms. The van der Waals surface area contributed by atoms with Gasteiger partial charge in [-0.1, -0.05) is 23.7 Å². The van der Waals surface area contributed by atoms with Crippen molar-refractivity contribution < 1.29 is 4.79 Å². The first-order valence-corrected chi connectivity index (χ1v) is 7.99. The molecule has 0 radical (unpaired) electrons. The number of carbonyl (C=O) groups excluding carboxylic acids is 1. The Morgan fingerprint density at radius 3 is 2.91 bits per heavy atom. The molecule has 2 aromatic rings. The van der Waals surface area contributed by atoms with E-state index in [9.17, 15) is 4.79 Å². The molecule has 0 aliphatic carbocycles. The number of likely N-dealkylation sites (tertiary alicyclic amines) is 1. The number of amides is 1. The maximum atomic E-state index is 12.2. The van der Waals surface area contributed by atoms with Crippen LogP contribution in [0.5, 0.6) is 0 Å². The highest BCUT2D eigenvalue weighted by Gasteiger charge is 2.30. The molecule has 116 valence electrons. The molecule has 0 N–H and O–H groups in total. The van der Waals surface area contributed by atoms with Gasteiger partial charge in [0.2, 0.25) is 5.91 Å². The summed E-state index contributed by atoms with van der Waals surface area (Å²) in [6, 6.07) is 7.72. The maximum absolute atomic E-state index is 12.2. The average molecular weight is 318 g/mol. The number of aromatic nitrogens is 2. The van der Waals surface area contributed by atoms with Crippen molar-refractivity contribution in [2.45, 2.75) is 26.3 Å². The van der Waals surface area contributed by atoms with Crippen LogP contribution in [0.1, 0.15) is 17.8 Å². The second-order valence-electron chi connectivity index (χ2n) is 5.92. The smallest absolute Gasteiger partial charge is 0.222 e. The lowest BCUT2D eigenvalue weighted by atomic mass is 9.98.